The van der Waals surface area contributed by atoms with E-state index in [1.54, 1.807) is 12.5 Å². The molecule has 1 aliphatic rings. The number of hydrogen-bond donors (Lipinski definition) is 0. The molecule has 4 heteroatoms. The van der Waals surface area contributed by atoms with Gasteiger partial charge in [-0.25, -0.2) is 4.98 Å². The Hall–Kier alpha value is -2.10. The highest BCUT2D eigenvalue weighted by atomic mass is 16.2. The molecule has 0 saturated heterocycles. The fraction of sp³-hybridized carbons (Fsp3) is 0.231. The quantitative estimate of drug-likeness (QED) is 0.780. The summed E-state index contributed by atoms with van der Waals surface area (Å²) in [6, 6.07) is 10.1. The van der Waals surface area contributed by atoms with Crippen LogP contribution in [0.1, 0.15) is 16.1 Å². The van der Waals surface area contributed by atoms with E-state index in [2.05, 4.69) is 4.98 Å². The monoisotopic (exact) mass is 227 g/mol. The third-order valence-electron chi connectivity index (χ3n) is 3.05. The largest absolute Gasteiger partial charge is 0.331 e. The summed E-state index contributed by atoms with van der Waals surface area (Å²) < 4.78 is 1.91. The van der Waals surface area contributed by atoms with Crippen LogP contribution in [0, 0.1) is 0 Å². The maximum Gasteiger partial charge on any atom is 0.272 e. The topological polar surface area (TPSA) is 38.1 Å². The molecule has 0 aliphatic carbocycles. The third-order valence-corrected chi connectivity index (χ3v) is 3.05. The zero-order chi connectivity index (χ0) is 11.7. The molecule has 2 heterocycles. The van der Waals surface area contributed by atoms with Crippen molar-refractivity contribution in [1.82, 2.24) is 14.5 Å². The average molecular weight is 227 g/mol. The van der Waals surface area contributed by atoms with Gasteiger partial charge in [0, 0.05) is 19.6 Å². The van der Waals surface area contributed by atoms with Gasteiger partial charge >= 0.3 is 0 Å². The molecule has 0 bridgehead atoms. The Balaban J connectivity index is 1.81. The standard InChI is InChI=1S/C13H13N3O/c17-13-12-8-14-10-16(12)7-6-15(13)9-11-4-2-1-3-5-11/h1-5,8,10H,6-7,9H2. The molecule has 0 atom stereocenters. The summed E-state index contributed by atoms with van der Waals surface area (Å²) in [6.07, 6.45) is 3.35. The lowest BCUT2D eigenvalue weighted by Crippen LogP contribution is -2.39. The minimum atomic E-state index is 0.0672. The first-order valence-electron chi connectivity index (χ1n) is 5.68. The Morgan fingerprint density at radius 2 is 2.00 bits per heavy atom. The van der Waals surface area contributed by atoms with Gasteiger partial charge in [0.05, 0.1) is 12.5 Å². The van der Waals surface area contributed by atoms with Gasteiger partial charge in [-0.2, -0.15) is 0 Å². The lowest BCUT2D eigenvalue weighted by Gasteiger charge is -2.27. The van der Waals surface area contributed by atoms with E-state index in [4.69, 9.17) is 0 Å². The van der Waals surface area contributed by atoms with Gasteiger partial charge in [-0.1, -0.05) is 30.3 Å². The maximum atomic E-state index is 12.1. The molecule has 1 aliphatic heterocycles. The van der Waals surface area contributed by atoms with Crippen molar-refractivity contribution >= 4 is 5.91 Å². The second-order valence-electron chi connectivity index (χ2n) is 4.18. The number of benzene rings is 1. The summed E-state index contributed by atoms with van der Waals surface area (Å²) in [6.45, 7) is 2.25. The van der Waals surface area contributed by atoms with Crippen molar-refractivity contribution in [2.45, 2.75) is 13.1 Å². The molecule has 1 amide bonds. The normalized spacial score (nSPS) is 14.8. The molecule has 0 unspecified atom stereocenters. The van der Waals surface area contributed by atoms with Crippen LogP contribution in [0.3, 0.4) is 0 Å². The highest BCUT2D eigenvalue weighted by Crippen LogP contribution is 2.14. The number of hydrogen-bond acceptors (Lipinski definition) is 2. The van der Waals surface area contributed by atoms with Gasteiger partial charge in [0.1, 0.15) is 5.69 Å². The SMILES string of the molecule is O=C1c2cncn2CCN1Cc1ccccc1. The van der Waals surface area contributed by atoms with E-state index in [9.17, 15) is 4.79 Å². The maximum absolute atomic E-state index is 12.1. The number of carbonyl (C=O) groups excluding carboxylic acids is 1. The van der Waals surface area contributed by atoms with Gasteiger partial charge < -0.3 is 9.47 Å². The summed E-state index contributed by atoms with van der Waals surface area (Å²) in [5.41, 5.74) is 1.85. The molecule has 1 aromatic carbocycles. The number of fused-ring (bicyclic) bond motifs is 1. The minimum absolute atomic E-state index is 0.0672. The van der Waals surface area contributed by atoms with Crippen molar-refractivity contribution in [3.05, 3.63) is 54.1 Å². The third kappa shape index (κ3) is 1.82. The molecule has 3 rings (SSSR count). The highest BCUT2D eigenvalue weighted by Gasteiger charge is 2.24. The smallest absolute Gasteiger partial charge is 0.272 e. The van der Waals surface area contributed by atoms with Gasteiger partial charge in [0.25, 0.3) is 5.91 Å². The van der Waals surface area contributed by atoms with Crippen LogP contribution in [0.15, 0.2) is 42.9 Å². The van der Waals surface area contributed by atoms with Gasteiger partial charge in [0.15, 0.2) is 0 Å². The number of amides is 1. The minimum Gasteiger partial charge on any atom is -0.331 e. The summed E-state index contributed by atoms with van der Waals surface area (Å²) in [5, 5.41) is 0. The lowest BCUT2D eigenvalue weighted by molar-refractivity contribution is 0.0691. The molecular weight excluding hydrogens is 214 g/mol. The number of nitrogens with zero attached hydrogens (tertiary/aromatic N) is 3. The molecule has 1 aromatic heterocycles. The molecule has 0 fully saturated rings. The highest BCUT2D eigenvalue weighted by molar-refractivity contribution is 5.93. The van der Waals surface area contributed by atoms with E-state index < -0.39 is 0 Å². The molecular formula is C13H13N3O. The van der Waals surface area contributed by atoms with Crippen LogP contribution in [0.2, 0.25) is 0 Å². The van der Waals surface area contributed by atoms with Crippen LogP contribution in [-0.2, 0) is 13.1 Å². The van der Waals surface area contributed by atoms with E-state index in [0.717, 1.165) is 18.7 Å². The van der Waals surface area contributed by atoms with Crippen LogP contribution >= 0.6 is 0 Å². The van der Waals surface area contributed by atoms with Crippen LogP contribution in [0.4, 0.5) is 0 Å². The summed E-state index contributed by atoms with van der Waals surface area (Å²) in [4.78, 5) is 18.0. The van der Waals surface area contributed by atoms with Gasteiger partial charge in [-0.05, 0) is 5.56 Å². The van der Waals surface area contributed by atoms with Crippen molar-refractivity contribution in [1.29, 1.82) is 0 Å². The van der Waals surface area contributed by atoms with Crippen LogP contribution in [0.25, 0.3) is 0 Å². The molecule has 4 nitrogen and oxygen atoms in total. The fourth-order valence-corrected chi connectivity index (χ4v) is 2.12. The first kappa shape index (κ1) is 10.1. The first-order chi connectivity index (χ1) is 8.34. The van der Waals surface area contributed by atoms with Crippen LogP contribution < -0.4 is 0 Å². The van der Waals surface area contributed by atoms with E-state index in [1.807, 2.05) is 39.8 Å². The van der Waals surface area contributed by atoms with Crippen LogP contribution in [0.5, 0.6) is 0 Å². The summed E-state index contributed by atoms with van der Waals surface area (Å²) in [7, 11) is 0. The average Bonchev–Trinajstić information content (AvgIpc) is 2.83. The molecule has 0 spiro atoms. The zero-order valence-electron chi connectivity index (χ0n) is 9.41. The Kier molecular flexibility index (Phi) is 2.40. The van der Waals surface area contributed by atoms with Crippen molar-refractivity contribution in [3.63, 3.8) is 0 Å². The van der Waals surface area contributed by atoms with E-state index in [-0.39, 0.29) is 5.91 Å². The second-order valence-corrected chi connectivity index (χ2v) is 4.18. The number of aromatic nitrogens is 2. The Morgan fingerprint density at radius 3 is 2.82 bits per heavy atom. The number of imidazole rings is 1. The Bertz CT molecular complexity index is 533. The van der Waals surface area contributed by atoms with Gasteiger partial charge in [-0.15, -0.1) is 0 Å². The summed E-state index contributed by atoms with van der Waals surface area (Å²) >= 11 is 0. The van der Waals surface area contributed by atoms with Gasteiger partial charge in [-0.3, -0.25) is 4.79 Å². The number of carbonyl (C=O) groups is 1. The van der Waals surface area contributed by atoms with Crippen molar-refractivity contribution in [3.8, 4) is 0 Å². The Labute approximate surface area is 99.5 Å². The first-order valence-corrected chi connectivity index (χ1v) is 5.68. The van der Waals surface area contributed by atoms with E-state index >= 15 is 0 Å². The predicted octanol–water partition coefficient (Wildman–Crippen LogP) is 1.54. The molecule has 0 radical (unpaired) electrons. The second kappa shape index (κ2) is 4.05. The van der Waals surface area contributed by atoms with Crippen molar-refractivity contribution < 1.29 is 4.79 Å². The predicted molar refractivity (Wildman–Crippen MR) is 63.4 cm³/mol. The van der Waals surface area contributed by atoms with Crippen molar-refractivity contribution in [2.24, 2.45) is 0 Å². The lowest BCUT2D eigenvalue weighted by atomic mass is 10.2. The van der Waals surface area contributed by atoms with Crippen LogP contribution in [-0.4, -0.2) is 26.9 Å². The van der Waals surface area contributed by atoms with Crippen molar-refractivity contribution in [2.75, 3.05) is 6.54 Å². The molecule has 17 heavy (non-hydrogen) atoms. The van der Waals surface area contributed by atoms with Gasteiger partial charge in [0.2, 0.25) is 0 Å². The molecule has 0 N–H and O–H groups in total. The number of rotatable bonds is 2. The molecule has 0 saturated carbocycles. The zero-order valence-corrected chi connectivity index (χ0v) is 9.41. The van der Waals surface area contributed by atoms with E-state index in [0.29, 0.717) is 12.2 Å². The summed E-state index contributed by atoms with van der Waals surface area (Å²) in [5.74, 6) is 0.0672. The molecule has 2 aromatic rings. The Morgan fingerprint density at radius 1 is 1.18 bits per heavy atom. The van der Waals surface area contributed by atoms with E-state index in [1.165, 1.54) is 0 Å². The molecule has 86 valence electrons. The fourth-order valence-electron chi connectivity index (χ4n) is 2.12.